The average Bonchev–Trinajstić information content (AvgIpc) is 3.31. The summed E-state index contributed by atoms with van der Waals surface area (Å²) in [5.41, 5.74) is 13.3. The number of nitrogen functional groups attached to an aromatic ring is 2. The van der Waals surface area contributed by atoms with E-state index in [0.717, 1.165) is 54.8 Å². The topological polar surface area (TPSA) is 105 Å². The van der Waals surface area contributed by atoms with Crippen LogP contribution in [0.5, 0.6) is 5.75 Å². The van der Waals surface area contributed by atoms with Crippen molar-refractivity contribution in [3.63, 3.8) is 0 Å². The summed E-state index contributed by atoms with van der Waals surface area (Å²) in [5.74, 6) is 5.21. The molecule has 0 amide bonds. The number of hydrogen-bond acceptors (Lipinski definition) is 6. The number of esters is 2. The van der Waals surface area contributed by atoms with Crippen LogP contribution in [0.2, 0.25) is 0 Å². The predicted octanol–water partition coefficient (Wildman–Crippen LogP) is 8.57. The first kappa shape index (κ1) is 32.2. The van der Waals surface area contributed by atoms with E-state index < -0.39 is 5.97 Å². The van der Waals surface area contributed by atoms with Crippen molar-refractivity contribution in [3.05, 3.63) is 18.2 Å². The Morgan fingerprint density at radius 3 is 2.35 bits per heavy atom. The fourth-order valence-corrected chi connectivity index (χ4v) is 10.6. The maximum absolute atomic E-state index is 12.7. The molecule has 4 N–H and O–H groups in total. The summed E-state index contributed by atoms with van der Waals surface area (Å²) < 4.78 is 11.3. The molecule has 0 bridgehead atoms. The molecular weight excluding hydrogens is 536 g/mol. The molecule has 43 heavy (non-hydrogen) atoms. The van der Waals surface area contributed by atoms with E-state index in [4.69, 9.17) is 20.9 Å². The predicted molar refractivity (Wildman–Crippen MR) is 173 cm³/mol. The van der Waals surface area contributed by atoms with Crippen LogP contribution < -0.4 is 16.2 Å². The number of hydrogen-bond donors (Lipinski definition) is 2. The summed E-state index contributed by atoms with van der Waals surface area (Å²) in [7, 11) is 0. The van der Waals surface area contributed by atoms with Gasteiger partial charge in [-0.3, -0.25) is 9.59 Å². The van der Waals surface area contributed by atoms with Crippen LogP contribution >= 0.6 is 0 Å². The highest BCUT2D eigenvalue weighted by atomic mass is 16.5. The molecule has 4 aliphatic rings. The quantitative estimate of drug-likeness (QED) is 0.160. The van der Waals surface area contributed by atoms with E-state index in [1.165, 1.54) is 57.8 Å². The van der Waals surface area contributed by atoms with Crippen molar-refractivity contribution in [3.8, 4) is 5.75 Å². The molecule has 0 saturated heterocycles. The smallest absolute Gasteiger partial charge is 0.311 e. The second kappa shape index (κ2) is 13.0. The molecule has 6 nitrogen and oxygen atoms in total. The van der Waals surface area contributed by atoms with Crippen LogP contribution in [0.3, 0.4) is 0 Å². The minimum Gasteiger partial charge on any atom is -0.462 e. The third-order valence-corrected chi connectivity index (χ3v) is 12.9. The van der Waals surface area contributed by atoms with Gasteiger partial charge in [-0.15, -0.1) is 0 Å². The molecule has 0 spiro atoms. The highest BCUT2D eigenvalue weighted by Crippen LogP contribution is 2.68. The van der Waals surface area contributed by atoms with Gasteiger partial charge in [0, 0.05) is 5.69 Å². The Kier molecular flexibility index (Phi) is 9.73. The van der Waals surface area contributed by atoms with Crippen molar-refractivity contribution >= 4 is 23.3 Å². The molecule has 0 aliphatic heterocycles. The Morgan fingerprint density at radius 1 is 0.884 bits per heavy atom. The molecule has 1 aromatic rings. The van der Waals surface area contributed by atoms with Gasteiger partial charge < -0.3 is 20.9 Å². The minimum atomic E-state index is -0.494. The number of nitrogens with two attached hydrogens (primary N) is 2. The van der Waals surface area contributed by atoms with Crippen LogP contribution in [0.15, 0.2) is 18.2 Å². The number of fused-ring (bicyclic) bond motifs is 5. The van der Waals surface area contributed by atoms with Crippen LogP contribution in [0.25, 0.3) is 0 Å². The zero-order valence-electron chi connectivity index (χ0n) is 27.5. The van der Waals surface area contributed by atoms with E-state index in [-0.39, 0.29) is 30.7 Å². The van der Waals surface area contributed by atoms with Crippen LogP contribution in [0, 0.1) is 52.3 Å². The largest absolute Gasteiger partial charge is 0.462 e. The van der Waals surface area contributed by atoms with Gasteiger partial charge in [0.05, 0.1) is 18.5 Å². The maximum Gasteiger partial charge on any atom is 0.311 e. The third-order valence-electron chi connectivity index (χ3n) is 12.9. The molecular formula is C37H58N2O4. The van der Waals surface area contributed by atoms with Crippen LogP contribution in [0.4, 0.5) is 11.4 Å². The van der Waals surface area contributed by atoms with Gasteiger partial charge >= 0.3 is 11.9 Å². The van der Waals surface area contributed by atoms with Crippen molar-refractivity contribution in [1.29, 1.82) is 0 Å². The van der Waals surface area contributed by atoms with Gasteiger partial charge in [0.15, 0.2) is 5.75 Å². The molecule has 4 saturated carbocycles. The van der Waals surface area contributed by atoms with E-state index in [0.29, 0.717) is 28.1 Å². The number of carbonyl (C=O) groups is 2. The summed E-state index contributed by atoms with van der Waals surface area (Å²) in [6, 6.07) is 4.75. The molecule has 240 valence electrons. The van der Waals surface area contributed by atoms with Gasteiger partial charge in [0.1, 0.15) is 6.10 Å². The lowest BCUT2D eigenvalue weighted by Gasteiger charge is -2.61. The molecule has 6 heteroatoms. The Hall–Kier alpha value is -2.24. The number of rotatable bonds is 10. The Morgan fingerprint density at radius 2 is 1.60 bits per heavy atom. The zero-order valence-corrected chi connectivity index (χ0v) is 27.5. The molecule has 5 rings (SSSR count). The lowest BCUT2D eigenvalue weighted by atomic mass is 9.44. The lowest BCUT2D eigenvalue weighted by molar-refractivity contribution is -0.163. The Labute approximate surface area is 260 Å². The van der Waals surface area contributed by atoms with E-state index in [9.17, 15) is 9.59 Å². The first-order chi connectivity index (χ1) is 20.4. The summed E-state index contributed by atoms with van der Waals surface area (Å²) in [4.78, 5) is 25.0. The first-order valence-corrected chi connectivity index (χ1v) is 17.5. The third kappa shape index (κ3) is 6.73. The second-order valence-corrected chi connectivity index (χ2v) is 15.8. The van der Waals surface area contributed by atoms with Gasteiger partial charge in [0.2, 0.25) is 0 Å². The highest BCUT2D eigenvalue weighted by Gasteiger charge is 2.60. The standard InChI is InChI=1S/C37H58N2O4/c1-23(2)7-6-8-24(3)29-12-13-30-28-11-9-25-21-27(17-19-36(25,4)31(28)18-20-37(29,30)5)42-34(40)15-16-35(41)43-33-14-10-26(38)22-32(33)39/h10,14,22-25,27-31H,6-9,11-13,15-21,38-39H2,1-5H3. The Balaban J connectivity index is 1.11. The number of ether oxygens (including phenoxy) is 2. The van der Waals surface area contributed by atoms with Gasteiger partial charge in [-0.05, 0) is 128 Å². The number of anilines is 2. The summed E-state index contributed by atoms with van der Waals surface area (Å²) in [6.07, 6.45) is 15.4. The van der Waals surface area contributed by atoms with Crippen molar-refractivity contribution < 1.29 is 19.1 Å². The number of benzene rings is 1. The summed E-state index contributed by atoms with van der Waals surface area (Å²) >= 11 is 0. The lowest BCUT2D eigenvalue weighted by Crippen LogP contribution is -2.54. The zero-order chi connectivity index (χ0) is 30.9. The fourth-order valence-electron chi connectivity index (χ4n) is 10.6. The van der Waals surface area contributed by atoms with Gasteiger partial charge in [-0.25, -0.2) is 0 Å². The first-order valence-electron chi connectivity index (χ1n) is 17.5. The normalized spacial score (nSPS) is 35.9. The molecule has 0 aromatic heterocycles. The fraction of sp³-hybridized carbons (Fsp3) is 0.784. The monoisotopic (exact) mass is 594 g/mol. The molecule has 9 atom stereocenters. The SMILES string of the molecule is CC(C)CCCC(C)C1CCC2C3CCC4CC(OC(=O)CCC(=O)Oc5ccc(N)cc5N)CCC4(C)C3CCC12C. The molecule has 4 aliphatic carbocycles. The van der Waals surface area contributed by atoms with Crippen molar-refractivity contribution in [2.75, 3.05) is 11.5 Å². The van der Waals surface area contributed by atoms with Crippen LogP contribution in [0.1, 0.15) is 125 Å². The molecule has 1 aromatic carbocycles. The van der Waals surface area contributed by atoms with Gasteiger partial charge in [-0.2, -0.15) is 0 Å². The van der Waals surface area contributed by atoms with E-state index in [1.54, 1.807) is 18.2 Å². The molecule has 0 radical (unpaired) electrons. The second-order valence-electron chi connectivity index (χ2n) is 15.8. The average molecular weight is 595 g/mol. The summed E-state index contributed by atoms with van der Waals surface area (Å²) in [6.45, 7) is 12.5. The van der Waals surface area contributed by atoms with Crippen molar-refractivity contribution in [2.45, 2.75) is 131 Å². The minimum absolute atomic E-state index is 0.0220. The van der Waals surface area contributed by atoms with E-state index in [1.807, 2.05) is 0 Å². The molecule has 9 unspecified atom stereocenters. The Bertz CT molecular complexity index is 1150. The van der Waals surface area contributed by atoms with Gasteiger partial charge in [0.25, 0.3) is 0 Å². The van der Waals surface area contributed by atoms with E-state index in [2.05, 4.69) is 34.6 Å². The van der Waals surface area contributed by atoms with Crippen molar-refractivity contribution in [2.24, 2.45) is 52.3 Å². The van der Waals surface area contributed by atoms with Crippen LogP contribution in [-0.2, 0) is 14.3 Å². The number of carbonyl (C=O) groups excluding carboxylic acids is 2. The van der Waals surface area contributed by atoms with Crippen LogP contribution in [-0.4, -0.2) is 18.0 Å². The maximum atomic E-state index is 12.7. The highest BCUT2D eigenvalue weighted by molar-refractivity contribution is 5.80. The molecule has 4 fully saturated rings. The van der Waals surface area contributed by atoms with E-state index >= 15 is 0 Å². The summed E-state index contributed by atoms with van der Waals surface area (Å²) in [5, 5.41) is 0. The molecule has 0 heterocycles. The van der Waals surface area contributed by atoms with Crippen molar-refractivity contribution in [1.82, 2.24) is 0 Å². The van der Waals surface area contributed by atoms with Gasteiger partial charge in [-0.1, -0.05) is 53.9 Å².